The molecule has 1 heterocycles. The van der Waals surface area contributed by atoms with Gasteiger partial charge in [0, 0.05) is 44.1 Å². The predicted octanol–water partition coefficient (Wildman–Crippen LogP) is 2.35. The van der Waals surface area contributed by atoms with Gasteiger partial charge >= 0.3 is 0 Å². The van der Waals surface area contributed by atoms with Crippen LogP contribution >= 0.6 is 0 Å². The minimum atomic E-state index is -0.500. The van der Waals surface area contributed by atoms with Crippen LogP contribution in [0.2, 0.25) is 0 Å². The van der Waals surface area contributed by atoms with Crippen molar-refractivity contribution in [1.29, 1.82) is 0 Å². The van der Waals surface area contributed by atoms with E-state index in [9.17, 15) is 14.9 Å². The average Bonchev–Trinajstić information content (AvgIpc) is 3.02. The van der Waals surface area contributed by atoms with Crippen molar-refractivity contribution in [3.8, 4) is 0 Å². The Morgan fingerprint density at radius 3 is 2.58 bits per heavy atom. The minimum absolute atomic E-state index is 0.0377. The van der Waals surface area contributed by atoms with Crippen LogP contribution in [0.1, 0.15) is 17.9 Å². The summed E-state index contributed by atoms with van der Waals surface area (Å²) in [6.07, 6.45) is 0.264. The molecule has 3 rings (SSSR count). The molecule has 0 aliphatic carbocycles. The molecule has 0 spiro atoms. The molecule has 0 aromatic heterocycles. The Balaban J connectivity index is 1.54. The van der Waals surface area contributed by atoms with Gasteiger partial charge in [0.25, 0.3) is 5.69 Å². The Morgan fingerprint density at radius 1 is 1.15 bits per heavy atom. The largest absolute Gasteiger partial charge is 0.326 e. The van der Waals surface area contributed by atoms with Gasteiger partial charge in [-0.05, 0) is 11.6 Å². The molecule has 7 nitrogen and oxygen atoms in total. The summed E-state index contributed by atoms with van der Waals surface area (Å²) < 4.78 is 0. The monoisotopic (exact) mass is 354 g/mol. The average molecular weight is 354 g/mol. The van der Waals surface area contributed by atoms with Crippen LogP contribution in [0, 0.1) is 10.1 Å². The quantitative estimate of drug-likeness (QED) is 0.612. The van der Waals surface area contributed by atoms with Crippen LogP contribution in [-0.4, -0.2) is 41.4 Å². The van der Waals surface area contributed by atoms with Crippen LogP contribution in [0.3, 0.4) is 0 Å². The highest BCUT2D eigenvalue weighted by Gasteiger charge is 2.31. The van der Waals surface area contributed by atoms with Crippen LogP contribution in [0.15, 0.2) is 54.6 Å². The molecule has 1 saturated heterocycles. The zero-order chi connectivity index (χ0) is 18.5. The highest BCUT2D eigenvalue weighted by molar-refractivity contribution is 5.93. The second-order valence-corrected chi connectivity index (χ2v) is 6.51. The molecule has 0 saturated carbocycles. The van der Waals surface area contributed by atoms with E-state index in [1.807, 2.05) is 18.2 Å². The van der Waals surface area contributed by atoms with Gasteiger partial charge < -0.3 is 16.0 Å². The Bertz CT molecular complexity index is 781. The summed E-state index contributed by atoms with van der Waals surface area (Å²) in [5, 5.41) is 13.6. The number of nitro benzene ring substituents is 1. The van der Waals surface area contributed by atoms with E-state index in [4.69, 9.17) is 5.73 Å². The van der Waals surface area contributed by atoms with Gasteiger partial charge in [-0.15, -0.1) is 0 Å². The summed E-state index contributed by atoms with van der Waals surface area (Å²) in [5.74, 6) is 0.0190. The number of nitrogens with one attached hydrogen (secondary N) is 1. The van der Waals surface area contributed by atoms with Gasteiger partial charge in [0.2, 0.25) is 5.91 Å². The molecule has 0 unspecified atom stereocenters. The highest BCUT2D eigenvalue weighted by atomic mass is 16.6. The van der Waals surface area contributed by atoms with Gasteiger partial charge in [-0.2, -0.15) is 0 Å². The lowest BCUT2D eigenvalue weighted by Crippen LogP contribution is -2.30. The Labute approximate surface area is 152 Å². The van der Waals surface area contributed by atoms with E-state index in [0.717, 1.165) is 13.1 Å². The van der Waals surface area contributed by atoms with Crippen molar-refractivity contribution < 1.29 is 9.72 Å². The number of amides is 1. The number of benzene rings is 2. The van der Waals surface area contributed by atoms with Crippen molar-refractivity contribution in [2.45, 2.75) is 18.4 Å². The first-order valence-electron chi connectivity index (χ1n) is 8.60. The molecule has 1 aliphatic heterocycles. The number of hydrogen-bond donors (Lipinski definition) is 2. The molecule has 2 aromatic rings. The molecule has 26 heavy (non-hydrogen) atoms. The second kappa shape index (κ2) is 8.07. The van der Waals surface area contributed by atoms with E-state index in [1.165, 1.54) is 17.7 Å². The number of para-hydroxylation sites is 2. The first kappa shape index (κ1) is 18.0. The lowest BCUT2D eigenvalue weighted by Gasteiger charge is -2.16. The van der Waals surface area contributed by atoms with Crippen LogP contribution in [0.5, 0.6) is 0 Å². The maximum atomic E-state index is 12.2. The van der Waals surface area contributed by atoms with Gasteiger partial charge in [0.05, 0.1) is 4.92 Å². The molecular formula is C19H22N4O3. The van der Waals surface area contributed by atoms with Crippen LogP contribution in [0.25, 0.3) is 0 Å². The predicted molar refractivity (Wildman–Crippen MR) is 99.9 cm³/mol. The molecule has 2 atom stereocenters. The van der Waals surface area contributed by atoms with E-state index in [1.54, 1.807) is 12.1 Å². The topological polar surface area (TPSA) is 102 Å². The third kappa shape index (κ3) is 4.25. The molecule has 0 bridgehead atoms. The van der Waals surface area contributed by atoms with Crippen molar-refractivity contribution >= 4 is 17.3 Å². The van der Waals surface area contributed by atoms with Crippen LogP contribution in [-0.2, 0) is 4.79 Å². The van der Waals surface area contributed by atoms with Gasteiger partial charge in [0.1, 0.15) is 5.69 Å². The Morgan fingerprint density at radius 2 is 1.85 bits per heavy atom. The molecule has 0 radical (unpaired) electrons. The summed E-state index contributed by atoms with van der Waals surface area (Å²) in [4.78, 5) is 24.9. The fourth-order valence-electron chi connectivity index (χ4n) is 3.36. The third-order valence-electron chi connectivity index (χ3n) is 4.70. The number of nitrogens with zero attached hydrogens (tertiary/aromatic N) is 2. The van der Waals surface area contributed by atoms with Crippen molar-refractivity contribution in [2.24, 2.45) is 5.73 Å². The SMILES string of the molecule is N[C@@H]1CN(CCC(=O)Nc2ccccc2[N+](=O)[O-])C[C@H]1c1ccccc1. The number of rotatable bonds is 6. The van der Waals surface area contributed by atoms with Gasteiger partial charge in [-0.25, -0.2) is 0 Å². The normalized spacial score (nSPS) is 20.0. The standard InChI is InChI=1S/C19H22N4O3/c20-16-13-22(12-15(16)14-6-2-1-3-7-14)11-10-19(24)21-17-8-4-5-9-18(17)23(25)26/h1-9,15-16H,10-13,20H2,(H,21,24)/t15-,16+/m0/s1. The molecule has 1 amide bonds. The third-order valence-corrected chi connectivity index (χ3v) is 4.70. The Hall–Kier alpha value is -2.77. The second-order valence-electron chi connectivity index (χ2n) is 6.51. The van der Waals surface area contributed by atoms with Gasteiger partial charge in [-0.1, -0.05) is 42.5 Å². The number of nitro groups is 1. The van der Waals surface area contributed by atoms with E-state index >= 15 is 0 Å². The molecule has 2 aromatic carbocycles. The number of hydrogen-bond acceptors (Lipinski definition) is 5. The molecule has 1 aliphatic rings. The Kier molecular flexibility index (Phi) is 5.60. The minimum Gasteiger partial charge on any atom is -0.326 e. The lowest BCUT2D eigenvalue weighted by atomic mass is 9.95. The summed E-state index contributed by atoms with van der Waals surface area (Å²) in [7, 11) is 0. The molecule has 1 fully saturated rings. The van der Waals surface area contributed by atoms with E-state index in [-0.39, 0.29) is 35.7 Å². The van der Waals surface area contributed by atoms with E-state index < -0.39 is 4.92 Å². The zero-order valence-electron chi connectivity index (χ0n) is 14.4. The number of carbonyl (C=O) groups is 1. The summed E-state index contributed by atoms with van der Waals surface area (Å²) in [5.41, 5.74) is 7.60. The number of likely N-dealkylation sites (tertiary alicyclic amines) is 1. The van der Waals surface area contributed by atoms with Crippen LogP contribution < -0.4 is 11.1 Å². The van der Waals surface area contributed by atoms with Crippen LogP contribution in [0.4, 0.5) is 11.4 Å². The summed E-state index contributed by atoms with van der Waals surface area (Å²) >= 11 is 0. The van der Waals surface area contributed by atoms with Gasteiger partial charge in [-0.3, -0.25) is 14.9 Å². The molecule has 3 N–H and O–H groups in total. The smallest absolute Gasteiger partial charge is 0.292 e. The highest BCUT2D eigenvalue weighted by Crippen LogP contribution is 2.27. The van der Waals surface area contributed by atoms with Crippen molar-refractivity contribution in [3.05, 3.63) is 70.3 Å². The number of anilines is 1. The lowest BCUT2D eigenvalue weighted by molar-refractivity contribution is -0.383. The maximum Gasteiger partial charge on any atom is 0.292 e. The van der Waals surface area contributed by atoms with Crippen molar-refractivity contribution in [3.63, 3.8) is 0 Å². The zero-order valence-corrected chi connectivity index (χ0v) is 14.4. The molecular weight excluding hydrogens is 332 g/mol. The first-order valence-corrected chi connectivity index (χ1v) is 8.60. The maximum absolute atomic E-state index is 12.2. The summed E-state index contributed by atoms with van der Waals surface area (Å²) in [6.45, 7) is 2.12. The van der Waals surface area contributed by atoms with E-state index in [2.05, 4.69) is 22.3 Å². The number of nitrogens with two attached hydrogens (primary N) is 1. The number of carbonyl (C=O) groups excluding carboxylic acids is 1. The van der Waals surface area contributed by atoms with E-state index in [0.29, 0.717) is 6.54 Å². The fraction of sp³-hybridized carbons (Fsp3) is 0.316. The first-order chi connectivity index (χ1) is 12.5. The van der Waals surface area contributed by atoms with Gasteiger partial charge in [0.15, 0.2) is 0 Å². The molecule has 136 valence electrons. The van der Waals surface area contributed by atoms with Crippen molar-refractivity contribution in [2.75, 3.05) is 25.0 Å². The fourth-order valence-corrected chi connectivity index (χ4v) is 3.36. The van der Waals surface area contributed by atoms with Crippen molar-refractivity contribution in [1.82, 2.24) is 4.90 Å². The molecule has 7 heteroatoms. The summed E-state index contributed by atoms with van der Waals surface area (Å²) in [6, 6.07) is 16.3.